The quantitative estimate of drug-likeness (QED) is 0.864. The summed E-state index contributed by atoms with van der Waals surface area (Å²) in [6.45, 7) is 3.37. The number of benzene rings is 1. The molecule has 1 aliphatic heterocycles. The SMILES string of the molecule is O=c1oc2ccccc2n1[C@H]1CCCN(CC2CCCCC2)C1. The average Bonchev–Trinajstić information content (AvgIpc) is 2.92. The lowest BCUT2D eigenvalue weighted by atomic mass is 9.88. The van der Waals surface area contributed by atoms with Crippen LogP contribution in [-0.2, 0) is 0 Å². The first-order valence-corrected chi connectivity index (χ1v) is 9.14. The Hall–Kier alpha value is -1.55. The molecular weight excluding hydrogens is 288 g/mol. The van der Waals surface area contributed by atoms with Gasteiger partial charge in [0, 0.05) is 13.1 Å². The molecule has 2 aliphatic rings. The highest BCUT2D eigenvalue weighted by atomic mass is 16.4. The first-order valence-electron chi connectivity index (χ1n) is 9.14. The second kappa shape index (κ2) is 6.52. The van der Waals surface area contributed by atoms with Crippen LogP contribution in [-0.4, -0.2) is 29.1 Å². The maximum Gasteiger partial charge on any atom is 0.420 e. The van der Waals surface area contributed by atoms with Gasteiger partial charge in [0.15, 0.2) is 5.58 Å². The predicted molar refractivity (Wildman–Crippen MR) is 91.8 cm³/mol. The van der Waals surface area contributed by atoms with Crippen LogP contribution in [0.2, 0.25) is 0 Å². The summed E-state index contributed by atoms with van der Waals surface area (Å²) in [6.07, 6.45) is 9.22. The lowest BCUT2D eigenvalue weighted by molar-refractivity contribution is 0.138. The highest BCUT2D eigenvalue weighted by molar-refractivity contribution is 5.72. The third kappa shape index (κ3) is 3.09. The van der Waals surface area contributed by atoms with E-state index in [1.165, 1.54) is 51.6 Å². The number of likely N-dealkylation sites (tertiary alicyclic amines) is 1. The number of hydrogen-bond acceptors (Lipinski definition) is 3. The van der Waals surface area contributed by atoms with Crippen LogP contribution >= 0.6 is 0 Å². The van der Waals surface area contributed by atoms with Crippen molar-refractivity contribution >= 4 is 11.1 Å². The minimum atomic E-state index is -0.198. The van der Waals surface area contributed by atoms with E-state index >= 15 is 0 Å². The normalized spacial score (nSPS) is 24.3. The van der Waals surface area contributed by atoms with Crippen molar-refractivity contribution in [2.75, 3.05) is 19.6 Å². The molecule has 1 saturated carbocycles. The smallest absolute Gasteiger partial charge is 0.408 e. The van der Waals surface area contributed by atoms with Gasteiger partial charge in [0.1, 0.15) is 0 Å². The Morgan fingerprint density at radius 3 is 2.74 bits per heavy atom. The van der Waals surface area contributed by atoms with E-state index in [0.29, 0.717) is 5.58 Å². The van der Waals surface area contributed by atoms with Crippen molar-refractivity contribution in [3.63, 3.8) is 0 Å². The van der Waals surface area contributed by atoms with E-state index in [1.807, 2.05) is 28.8 Å². The van der Waals surface area contributed by atoms with E-state index in [9.17, 15) is 4.79 Å². The van der Waals surface area contributed by atoms with Gasteiger partial charge >= 0.3 is 5.76 Å². The first-order chi connectivity index (χ1) is 11.3. The van der Waals surface area contributed by atoms with E-state index in [-0.39, 0.29) is 11.8 Å². The molecule has 0 radical (unpaired) electrons. The Labute approximate surface area is 137 Å². The van der Waals surface area contributed by atoms with Gasteiger partial charge in [-0.15, -0.1) is 0 Å². The molecule has 1 aromatic carbocycles. The maximum atomic E-state index is 12.3. The largest absolute Gasteiger partial charge is 0.420 e. The molecule has 0 spiro atoms. The second-order valence-electron chi connectivity index (χ2n) is 7.27. The predicted octanol–water partition coefficient (Wildman–Crippen LogP) is 3.81. The Morgan fingerprint density at radius 2 is 1.87 bits per heavy atom. The Morgan fingerprint density at radius 1 is 1.04 bits per heavy atom. The second-order valence-corrected chi connectivity index (χ2v) is 7.27. The monoisotopic (exact) mass is 314 g/mol. The minimum Gasteiger partial charge on any atom is -0.408 e. The average molecular weight is 314 g/mol. The maximum absolute atomic E-state index is 12.3. The Balaban J connectivity index is 1.52. The van der Waals surface area contributed by atoms with Crippen LogP contribution in [0.25, 0.3) is 11.1 Å². The summed E-state index contributed by atoms with van der Waals surface area (Å²) in [5, 5.41) is 0. The van der Waals surface area contributed by atoms with E-state index in [2.05, 4.69) is 4.90 Å². The van der Waals surface area contributed by atoms with Crippen LogP contribution in [0.3, 0.4) is 0 Å². The van der Waals surface area contributed by atoms with E-state index < -0.39 is 0 Å². The number of para-hydroxylation sites is 2. The van der Waals surface area contributed by atoms with Gasteiger partial charge < -0.3 is 9.32 Å². The van der Waals surface area contributed by atoms with Crippen LogP contribution in [0.15, 0.2) is 33.5 Å². The molecule has 0 amide bonds. The molecular formula is C19H26N2O2. The summed E-state index contributed by atoms with van der Waals surface area (Å²) >= 11 is 0. The van der Waals surface area contributed by atoms with E-state index in [4.69, 9.17) is 4.42 Å². The summed E-state index contributed by atoms with van der Waals surface area (Å²) in [5.74, 6) is 0.663. The summed E-state index contributed by atoms with van der Waals surface area (Å²) in [6, 6.07) is 8.04. The van der Waals surface area contributed by atoms with Crippen LogP contribution in [0.5, 0.6) is 0 Å². The van der Waals surface area contributed by atoms with Gasteiger partial charge in [0.05, 0.1) is 11.6 Å². The van der Waals surface area contributed by atoms with Crippen molar-refractivity contribution in [2.45, 2.75) is 51.0 Å². The van der Waals surface area contributed by atoms with Gasteiger partial charge in [0.2, 0.25) is 0 Å². The highest BCUT2D eigenvalue weighted by Crippen LogP contribution is 2.28. The number of fused-ring (bicyclic) bond motifs is 1. The van der Waals surface area contributed by atoms with Crippen molar-refractivity contribution in [3.05, 3.63) is 34.8 Å². The number of nitrogens with zero attached hydrogens (tertiary/aromatic N) is 2. The number of piperidine rings is 1. The minimum absolute atomic E-state index is 0.198. The fraction of sp³-hybridized carbons (Fsp3) is 0.632. The number of oxazole rings is 1. The topological polar surface area (TPSA) is 38.4 Å². The van der Waals surface area contributed by atoms with Crippen molar-refractivity contribution in [3.8, 4) is 0 Å². The van der Waals surface area contributed by atoms with Crippen LogP contribution in [0, 0.1) is 5.92 Å². The lowest BCUT2D eigenvalue weighted by Gasteiger charge is -2.36. The van der Waals surface area contributed by atoms with Gasteiger partial charge in [-0.25, -0.2) is 4.79 Å². The van der Waals surface area contributed by atoms with Crippen molar-refractivity contribution in [1.82, 2.24) is 9.47 Å². The highest BCUT2D eigenvalue weighted by Gasteiger charge is 2.26. The van der Waals surface area contributed by atoms with Crippen LogP contribution in [0.4, 0.5) is 0 Å². The fourth-order valence-corrected chi connectivity index (χ4v) is 4.47. The van der Waals surface area contributed by atoms with Crippen LogP contribution < -0.4 is 5.76 Å². The van der Waals surface area contributed by atoms with Gasteiger partial charge in [-0.2, -0.15) is 0 Å². The van der Waals surface area contributed by atoms with E-state index in [0.717, 1.165) is 24.4 Å². The standard InChI is InChI=1S/C19H26N2O2/c22-19-21(17-10-4-5-11-18(17)23-19)16-9-6-12-20(14-16)13-15-7-2-1-3-8-15/h4-5,10-11,15-16H,1-3,6-9,12-14H2/t16-/m0/s1. The van der Waals surface area contributed by atoms with Gasteiger partial charge in [-0.1, -0.05) is 31.4 Å². The van der Waals surface area contributed by atoms with Gasteiger partial charge in [-0.05, 0) is 50.3 Å². The third-order valence-electron chi connectivity index (χ3n) is 5.61. The zero-order valence-corrected chi connectivity index (χ0v) is 13.7. The molecule has 0 bridgehead atoms. The lowest BCUT2D eigenvalue weighted by Crippen LogP contribution is -2.41. The Bertz CT molecular complexity index is 711. The molecule has 4 heteroatoms. The van der Waals surface area contributed by atoms with Gasteiger partial charge in [0.25, 0.3) is 0 Å². The molecule has 1 atom stereocenters. The molecule has 1 saturated heterocycles. The van der Waals surface area contributed by atoms with E-state index in [1.54, 1.807) is 0 Å². The zero-order chi connectivity index (χ0) is 15.6. The van der Waals surface area contributed by atoms with Crippen LogP contribution in [0.1, 0.15) is 51.0 Å². The third-order valence-corrected chi connectivity index (χ3v) is 5.61. The molecule has 2 fully saturated rings. The molecule has 0 N–H and O–H groups in total. The number of hydrogen-bond donors (Lipinski definition) is 0. The zero-order valence-electron chi connectivity index (χ0n) is 13.7. The molecule has 124 valence electrons. The molecule has 23 heavy (non-hydrogen) atoms. The molecule has 4 rings (SSSR count). The summed E-state index contributed by atoms with van der Waals surface area (Å²) < 4.78 is 7.32. The molecule has 0 unspecified atom stereocenters. The Kier molecular flexibility index (Phi) is 4.25. The molecule has 4 nitrogen and oxygen atoms in total. The summed E-state index contributed by atoms with van der Waals surface area (Å²) in [4.78, 5) is 14.9. The first kappa shape index (κ1) is 15.0. The van der Waals surface area contributed by atoms with Crippen molar-refractivity contribution in [2.24, 2.45) is 5.92 Å². The van der Waals surface area contributed by atoms with Gasteiger partial charge in [-0.3, -0.25) is 4.57 Å². The molecule has 1 aliphatic carbocycles. The number of aromatic nitrogens is 1. The van der Waals surface area contributed by atoms with Crippen molar-refractivity contribution < 1.29 is 4.42 Å². The fourth-order valence-electron chi connectivity index (χ4n) is 4.47. The summed E-state index contributed by atoms with van der Waals surface area (Å²) in [5.41, 5.74) is 1.66. The summed E-state index contributed by atoms with van der Waals surface area (Å²) in [7, 11) is 0. The molecule has 2 heterocycles. The molecule has 2 aromatic rings. The molecule has 1 aromatic heterocycles. The number of rotatable bonds is 3. The van der Waals surface area contributed by atoms with Crippen molar-refractivity contribution in [1.29, 1.82) is 0 Å².